The minimum Gasteiger partial charge on any atom is -0.326 e. The van der Waals surface area contributed by atoms with Crippen LogP contribution in [0, 0.1) is 5.82 Å². The summed E-state index contributed by atoms with van der Waals surface area (Å²) >= 11 is 0. The van der Waals surface area contributed by atoms with Gasteiger partial charge in [0.25, 0.3) is 0 Å². The number of nitrogens with zero attached hydrogens (tertiary/aromatic N) is 1. The lowest BCUT2D eigenvalue weighted by atomic mass is 10.0. The molecule has 0 heterocycles. The van der Waals surface area contributed by atoms with Crippen molar-refractivity contribution in [2.45, 2.75) is 12.8 Å². The molecule has 0 saturated carbocycles. The highest BCUT2D eigenvalue weighted by atomic mass is 32.2. The Bertz CT molecular complexity index is 1100. The van der Waals surface area contributed by atoms with Gasteiger partial charge in [-0.05, 0) is 42.3 Å². The minimum atomic E-state index is -3.55. The van der Waals surface area contributed by atoms with Gasteiger partial charge in [-0.15, -0.1) is 0 Å². The fourth-order valence-electron chi connectivity index (χ4n) is 3.15. The summed E-state index contributed by atoms with van der Waals surface area (Å²) < 4.78 is 38.6. The predicted octanol–water partition coefficient (Wildman–Crippen LogP) is 4.68. The molecular weight excluding hydrogens is 403 g/mol. The number of benzene rings is 3. The molecule has 0 atom stereocenters. The van der Waals surface area contributed by atoms with Gasteiger partial charge in [0, 0.05) is 24.2 Å². The van der Waals surface area contributed by atoms with Crippen molar-refractivity contribution in [1.29, 1.82) is 0 Å². The van der Waals surface area contributed by atoms with E-state index >= 15 is 0 Å². The Hall–Kier alpha value is -3.19. The van der Waals surface area contributed by atoms with Crippen LogP contribution in [0.4, 0.5) is 15.8 Å². The standard InChI is InChI=1S/C23H23FN2O3S/c1-30(28,29)26(20-15-13-19(24)14-16-20)17-7-12-23(27)25-22-11-6-5-10-21(22)18-8-3-2-4-9-18/h2-6,8-11,13-16H,7,12,17H2,1H3,(H,25,27). The van der Waals surface area contributed by atoms with Crippen LogP contribution in [-0.4, -0.2) is 27.1 Å². The van der Waals surface area contributed by atoms with E-state index in [0.29, 0.717) is 17.8 Å². The molecule has 0 aliphatic rings. The maximum Gasteiger partial charge on any atom is 0.232 e. The van der Waals surface area contributed by atoms with Gasteiger partial charge < -0.3 is 5.32 Å². The third-order valence-corrected chi connectivity index (χ3v) is 5.76. The number of rotatable bonds is 8. The van der Waals surface area contributed by atoms with Crippen molar-refractivity contribution in [3.8, 4) is 11.1 Å². The molecule has 1 amide bonds. The van der Waals surface area contributed by atoms with Gasteiger partial charge in [0.15, 0.2) is 0 Å². The van der Waals surface area contributed by atoms with Crippen molar-refractivity contribution < 1.29 is 17.6 Å². The molecule has 156 valence electrons. The Balaban J connectivity index is 1.64. The number of hydrogen-bond donors (Lipinski definition) is 1. The molecule has 3 aromatic carbocycles. The summed E-state index contributed by atoms with van der Waals surface area (Å²) in [6.45, 7) is 0.123. The average Bonchev–Trinajstić information content (AvgIpc) is 2.72. The first-order chi connectivity index (χ1) is 14.3. The maximum absolute atomic E-state index is 13.1. The third kappa shape index (κ3) is 5.67. The van der Waals surface area contributed by atoms with Crippen molar-refractivity contribution in [2.24, 2.45) is 0 Å². The highest BCUT2D eigenvalue weighted by Crippen LogP contribution is 2.27. The van der Waals surface area contributed by atoms with E-state index in [9.17, 15) is 17.6 Å². The van der Waals surface area contributed by atoms with Crippen LogP contribution in [0.25, 0.3) is 11.1 Å². The van der Waals surface area contributed by atoms with E-state index in [1.54, 1.807) is 0 Å². The van der Waals surface area contributed by atoms with Gasteiger partial charge in [-0.1, -0.05) is 48.5 Å². The summed E-state index contributed by atoms with van der Waals surface area (Å²) in [6.07, 6.45) is 1.56. The van der Waals surface area contributed by atoms with Gasteiger partial charge in [0.1, 0.15) is 5.82 Å². The number of amides is 1. The lowest BCUT2D eigenvalue weighted by Gasteiger charge is -2.22. The zero-order chi connectivity index (χ0) is 21.6. The molecule has 0 aliphatic carbocycles. The largest absolute Gasteiger partial charge is 0.326 e. The molecule has 0 radical (unpaired) electrons. The minimum absolute atomic E-state index is 0.123. The first-order valence-corrected chi connectivity index (χ1v) is 11.4. The summed E-state index contributed by atoms with van der Waals surface area (Å²) in [7, 11) is -3.55. The number of para-hydroxylation sites is 1. The maximum atomic E-state index is 13.1. The summed E-state index contributed by atoms with van der Waals surface area (Å²) in [5.74, 6) is -0.644. The van der Waals surface area contributed by atoms with E-state index < -0.39 is 15.8 Å². The number of nitrogens with one attached hydrogen (secondary N) is 1. The summed E-state index contributed by atoms with van der Waals surface area (Å²) in [5, 5.41) is 2.91. The van der Waals surface area contributed by atoms with Gasteiger partial charge in [-0.25, -0.2) is 12.8 Å². The van der Waals surface area contributed by atoms with Gasteiger partial charge in [-0.2, -0.15) is 0 Å². The van der Waals surface area contributed by atoms with E-state index in [4.69, 9.17) is 0 Å². The molecule has 0 spiro atoms. The monoisotopic (exact) mass is 426 g/mol. The van der Waals surface area contributed by atoms with Gasteiger partial charge in [0.05, 0.1) is 11.9 Å². The van der Waals surface area contributed by atoms with Crippen LogP contribution < -0.4 is 9.62 Å². The van der Waals surface area contributed by atoms with Crippen LogP contribution in [0.3, 0.4) is 0 Å². The molecule has 5 nitrogen and oxygen atoms in total. The van der Waals surface area contributed by atoms with Crippen LogP contribution in [0.15, 0.2) is 78.9 Å². The molecule has 3 aromatic rings. The topological polar surface area (TPSA) is 66.5 Å². The van der Waals surface area contributed by atoms with Crippen LogP contribution in [0.1, 0.15) is 12.8 Å². The van der Waals surface area contributed by atoms with Crippen LogP contribution in [0.2, 0.25) is 0 Å². The van der Waals surface area contributed by atoms with E-state index in [-0.39, 0.29) is 18.9 Å². The SMILES string of the molecule is CS(=O)(=O)N(CCCC(=O)Nc1ccccc1-c1ccccc1)c1ccc(F)cc1. The van der Waals surface area contributed by atoms with Gasteiger partial charge in [0.2, 0.25) is 15.9 Å². The fraction of sp³-hybridized carbons (Fsp3) is 0.174. The lowest BCUT2D eigenvalue weighted by molar-refractivity contribution is -0.116. The van der Waals surface area contributed by atoms with Crippen LogP contribution in [0.5, 0.6) is 0 Å². The first kappa shape index (κ1) is 21.5. The highest BCUT2D eigenvalue weighted by molar-refractivity contribution is 7.92. The molecule has 30 heavy (non-hydrogen) atoms. The highest BCUT2D eigenvalue weighted by Gasteiger charge is 2.18. The van der Waals surface area contributed by atoms with Crippen LogP contribution in [-0.2, 0) is 14.8 Å². The zero-order valence-electron chi connectivity index (χ0n) is 16.6. The number of halogens is 1. The smallest absolute Gasteiger partial charge is 0.232 e. The fourth-order valence-corrected chi connectivity index (χ4v) is 4.12. The quantitative estimate of drug-likeness (QED) is 0.569. The number of anilines is 2. The number of sulfonamides is 1. The van der Waals surface area contributed by atoms with E-state index in [1.165, 1.54) is 28.6 Å². The second kappa shape index (κ2) is 9.54. The van der Waals surface area contributed by atoms with E-state index in [0.717, 1.165) is 17.4 Å². The Morgan fingerprint density at radius 1 is 0.933 bits per heavy atom. The molecule has 0 saturated heterocycles. The average molecular weight is 427 g/mol. The Morgan fingerprint density at radius 3 is 2.23 bits per heavy atom. The Morgan fingerprint density at radius 2 is 1.57 bits per heavy atom. The number of hydrogen-bond acceptors (Lipinski definition) is 3. The first-order valence-electron chi connectivity index (χ1n) is 9.52. The summed E-state index contributed by atoms with van der Waals surface area (Å²) in [6, 6.07) is 22.5. The van der Waals surface area contributed by atoms with Gasteiger partial charge in [-0.3, -0.25) is 9.10 Å². The Kier molecular flexibility index (Phi) is 6.84. The van der Waals surface area contributed by atoms with Gasteiger partial charge >= 0.3 is 0 Å². The third-order valence-electron chi connectivity index (χ3n) is 4.57. The molecule has 0 unspecified atom stereocenters. The summed E-state index contributed by atoms with van der Waals surface area (Å²) in [4.78, 5) is 12.5. The summed E-state index contributed by atoms with van der Waals surface area (Å²) in [5.41, 5.74) is 2.98. The number of carbonyl (C=O) groups excluding carboxylic acids is 1. The van der Waals surface area contributed by atoms with Crippen molar-refractivity contribution >= 4 is 27.3 Å². The zero-order valence-corrected chi connectivity index (χ0v) is 17.4. The van der Waals surface area contributed by atoms with Crippen molar-refractivity contribution in [1.82, 2.24) is 0 Å². The molecule has 0 aliphatic heterocycles. The Labute approximate surface area is 176 Å². The van der Waals surface area contributed by atoms with E-state index in [2.05, 4.69) is 5.32 Å². The molecule has 1 N–H and O–H groups in total. The number of carbonyl (C=O) groups is 1. The molecular formula is C23H23FN2O3S. The predicted molar refractivity (Wildman–Crippen MR) is 118 cm³/mol. The second-order valence-corrected chi connectivity index (χ2v) is 8.78. The second-order valence-electron chi connectivity index (χ2n) is 6.87. The molecule has 0 aromatic heterocycles. The molecule has 0 fully saturated rings. The lowest BCUT2D eigenvalue weighted by Crippen LogP contribution is -2.31. The molecule has 0 bridgehead atoms. The molecule has 7 heteroatoms. The normalized spacial score (nSPS) is 11.1. The van der Waals surface area contributed by atoms with E-state index in [1.807, 2.05) is 54.6 Å². The van der Waals surface area contributed by atoms with Crippen molar-refractivity contribution in [3.05, 3.63) is 84.7 Å². The van der Waals surface area contributed by atoms with Crippen molar-refractivity contribution in [3.63, 3.8) is 0 Å². The van der Waals surface area contributed by atoms with Crippen molar-refractivity contribution in [2.75, 3.05) is 22.4 Å². The van der Waals surface area contributed by atoms with Crippen LogP contribution >= 0.6 is 0 Å². The molecule has 3 rings (SSSR count).